The molecule has 0 aliphatic carbocycles. The van der Waals surface area contributed by atoms with Crippen LogP contribution in [0.2, 0.25) is 0 Å². The Labute approximate surface area is 111 Å². The number of hydrogen-bond acceptors (Lipinski definition) is 2. The van der Waals surface area contributed by atoms with Crippen LogP contribution in [0.5, 0.6) is 0 Å². The van der Waals surface area contributed by atoms with Crippen LogP contribution in [0, 0.1) is 12.8 Å². The van der Waals surface area contributed by atoms with Crippen molar-refractivity contribution in [1.29, 1.82) is 0 Å². The number of benzene rings is 1. The van der Waals surface area contributed by atoms with Crippen molar-refractivity contribution in [3.8, 4) is 0 Å². The molecule has 2 heteroatoms. The lowest BCUT2D eigenvalue weighted by Crippen LogP contribution is -2.34. The monoisotopic (exact) mass is 247 g/mol. The van der Waals surface area contributed by atoms with Crippen LogP contribution in [0.25, 0.3) is 0 Å². The molecule has 0 saturated carbocycles. The predicted molar refractivity (Wildman–Crippen MR) is 75.8 cm³/mol. The van der Waals surface area contributed by atoms with Gasteiger partial charge < -0.3 is 10.1 Å². The molecule has 0 aromatic heterocycles. The first-order valence-electron chi connectivity index (χ1n) is 7.19. The summed E-state index contributed by atoms with van der Waals surface area (Å²) in [6.45, 7) is 7.34. The minimum absolute atomic E-state index is 0.450. The molecule has 2 unspecified atom stereocenters. The van der Waals surface area contributed by atoms with Gasteiger partial charge in [0.05, 0.1) is 6.61 Å². The molecule has 0 radical (unpaired) electrons. The quantitative estimate of drug-likeness (QED) is 0.860. The second kappa shape index (κ2) is 6.91. The lowest BCUT2D eigenvalue weighted by Gasteiger charge is -2.32. The van der Waals surface area contributed by atoms with Crippen molar-refractivity contribution in [2.45, 2.75) is 39.2 Å². The molecule has 0 bridgehead atoms. The molecule has 2 nitrogen and oxygen atoms in total. The summed E-state index contributed by atoms with van der Waals surface area (Å²) >= 11 is 0. The van der Waals surface area contributed by atoms with E-state index in [4.69, 9.17) is 4.74 Å². The normalized spacial score (nSPS) is 21.8. The molecule has 1 heterocycles. The summed E-state index contributed by atoms with van der Waals surface area (Å²) in [6, 6.07) is 9.18. The molecule has 1 aromatic rings. The van der Waals surface area contributed by atoms with Crippen molar-refractivity contribution in [2.24, 2.45) is 5.92 Å². The first-order valence-corrected chi connectivity index (χ1v) is 7.19. The van der Waals surface area contributed by atoms with Gasteiger partial charge in [-0.25, -0.2) is 0 Å². The van der Waals surface area contributed by atoms with Crippen LogP contribution in [0.15, 0.2) is 24.3 Å². The molecule has 2 atom stereocenters. The molecule has 1 fully saturated rings. The van der Waals surface area contributed by atoms with Crippen LogP contribution in [0.3, 0.4) is 0 Å². The Morgan fingerprint density at radius 3 is 2.89 bits per heavy atom. The zero-order valence-electron chi connectivity index (χ0n) is 11.6. The smallest absolute Gasteiger partial charge is 0.0512 e. The molecule has 1 aliphatic rings. The first-order chi connectivity index (χ1) is 8.83. The summed E-state index contributed by atoms with van der Waals surface area (Å²) in [7, 11) is 0. The molecule has 1 N–H and O–H groups in total. The van der Waals surface area contributed by atoms with Crippen LogP contribution in [0.4, 0.5) is 0 Å². The topological polar surface area (TPSA) is 21.3 Å². The molecule has 18 heavy (non-hydrogen) atoms. The Morgan fingerprint density at radius 2 is 2.22 bits per heavy atom. The third kappa shape index (κ3) is 3.33. The number of rotatable bonds is 5. The van der Waals surface area contributed by atoms with Crippen molar-refractivity contribution in [1.82, 2.24) is 5.32 Å². The van der Waals surface area contributed by atoms with E-state index >= 15 is 0 Å². The summed E-state index contributed by atoms with van der Waals surface area (Å²) in [6.07, 6.45) is 3.65. The molecule has 0 amide bonds. The zero-order valence-corrected chi connectivity index (χ0v) is 11.6. The number of hydrogen-bond donors (Lipinski definition) is 1. The highest BCUT2D eigenvalue weighted by atomic mass is 16.5. The van der Waals surface area contributed by atoms with Crippen LogP contribution in [0.1, 0.15) is 43.4 Å². The Balaban J connectivity index is 2.15. The third-order valence-corrected chi connectivity index (χ3v) is 3.80. The number of ether oxygens (including phenoxy) is 1. The zero-order chi connectivity index (χ0) is 12.8. The second-order valence-electron chi connectivity index (χ2n) is 5.27. The summed E-state index contributed by atoms with van der Waals surface area (Å²) in [5, 5.41) is 3.72. The average molecular weight is 247 g/mol. The molecule has 2 rings (SSSR count). The lowest BCUT2D eigenvalue weighted by atomic mass is 9.86. The Kier molecular flexibility index (Phi) is 5.21. The Morgan fingerprint density at radius 1 is 1.39 bits per heavy atom. The van der Waals surface area contributed by atoms with Crippen LogP contribution in [-0.4, -0.2) is 19.8 Å². The highest BCUT2D eigenvalue weighted by Gasteiger charge is 2.25. The fourth-order valence-corrected chi connectivity index (χ4v) is 2.79. The molecule has 1 saturated heterocycles. The maximum atomic E-state index is 5.66. The van der Waals surface area contributed by atoms with E-state index in [-0.39, 0.29) is 0 Å². The van der Waals surface area contributed by atoms with E-state index in [1.807, 2.05) is 0 Å². The van der Waals surface area contributed by atoms with E-state index in [1.165, 1.54) is 30.4 Å². The minimum atomic E-state index is 0.450. The average Bonchev–Trinajstić information content (AvgIpc) is 2.42. The Bertz CT molecular complexity index is 358. The van der Waals surface area contributed by atoms with Gasteiger partial charge in [0, 0.05) is 18.6 Å². The number of nitrogens with one attached hydrogen (secondary N) is 1. The predicted octanol–water partition coefficient (Wildman–Crippen LogP) is 3.46. The van der Waals surface area contributed by atoms with Gasteiger partial charge in [0.15, 0.2) is 0 Å². The van der Waals surface area contributed by atoms with Gasteiger partial charge in [-0.15, -0.1) is 0 Å². The molecule has 100 valence electrons. The molecular formula is C16H25NO. The van der Waals surface area contributed by atoms with Gasteiger partial charge >= 0.3 is 0 Å². The molecule has 0 spiro atoms. The van der Waals surface area contributed by atoms with Gasteiger partial charge in [-0.3, -0.25) is 0 Å². The van der Waals surface area contributed by atoms with Gasteiger partial charge in [0.2, 0.25) is 0 Å². The van der Waals surface area contributed by atoms with Gasteiger partial charge in [0.1, 0.15) is 0 Å². The summed E-state index contributed by atoms with van der Waals surface area (Å²) < 4.78 is 5.66. The van der Waals surface area contributed by atoms with E-state index in [0.29, 0.717) is 12.0 Å². The van der Waals surface area contributed by atoms with Crippen LogP contribution < -0.4 is 5.32 Å². The minimum Gasteiger partial charge on any atom is -0.381 e. The van der Waals surface area contributed by atoms with E-state index in [9.17, 15) is 0 Å². The van der Waals surface area contributed by atoms with E-state index in [0.717, 1.165) is 19.8 Å². The Hall–Kier alpha value is -0.860. The van der Waals surface area contributed by atoms with Crippen molar-refractivity contribution in [3.05, 3.63) is 35.4 Å². The van der Waals surface area contributed by atoms with Crippen molar-refractivity contribution in [3.63, 3.8) is 0 Å². The third-order valence-electron chi connectivity index (χ3n) is 3.80. The van der Waals surface area contributed by atoms with E-state index < -0.39 is 0 Å². The lowest BCUT2D eigenvalue weighted by molar-refractivity contribution is 0.0389. The van der Waals surface area contributed by atoms with Gasteiger partial charge in [-0.05, 0) is 43.9 Å². The highest BCUT2D eigenvalue weighted by Crippen LogP contribution is 2.30. The standard InChI is InChI=1S/C16H25NO/c1-3-10-17-16(14-8-6-11-18-12-14)15-9-5-4-7-13(15)2/h4-5,7,9,14,16-17H,3,6,8,10-12H2,1-2H3. The van der Waals surface area contributed by atoms with Crippen LogP contribution in [-0.2, 0) is 4.74 Å². The largest absolute Gasteiger partial charge is 0.381 e. The van der Waals surface area contributed by atoms with Crippen LogP contribution >= 0.6 is 0 Å². The van der Waals surface area contributed by atoms with E-state index in [2.05, 4.69) is 43.4 Å². The molecule has 1 aromatic carbocycles. The number of aryl methyl sites for hydroxylation is 1. The highest BCUT2D eigenvalue weighted by molar-refractivity contribution is 5.29. The van der Waals surface area contributed by atoms with Crippen molar-refractivity contribution >= 4 is 0 Å². The van der Waals surface area contributed by atoms with Gasteiger partial charge in [-0.1, -0.05) is 31.2 Å². The SMILES string of the molecule is CCCNC(c1ccccc1C)C1CCCOC1. The van der Waals surface area contributed by atoms with Gasteiger partial charge in [-0.2, -0.15) is 0 Å². The first kappa shape index (κ1) is 13.6. The molecule has 1 aliphatic heterocycles. The van der Waals surface area contributed by atoms with Crippen molar-refractivity contribution < 1.29 is 4.74 Å². The van der Waals surface area contributed by atoms with Gasteiger partial charge in [0.25, 0.3) is 0 Å². The van der Waals surface area contributed by atoms with Crippen molar-refractivity contribution in [2.75, 3.05) is 19.8 Å². The summed E-state index contributed by atoms with van der Waals surface area (Å²) in [5.74, 6) is 0.617. The fourth-order valence-electron chi connectivity index (χ4n) is 2.79. The summed E-state index contributed by atoms with van der Waals surface area (Å²) in [5.41, 5.74) is 2.83. The second-order valence-corrected chi connectivity index (χ2v) is 5.27. The van der Waals surface area contributed by atoms with E-state index in [1.54, 1.807) is 0 Å². The molecular weight excluding hydrogens is 222 g/mol. The summed E-state index contributed by atoms with van der Waals surface area (Å²) in [4.78, 5) is 0. The maximum absolute atomic E-state index is 5.66. The maximum Gasteiger partial charge on any atom is 0.0512 e. The fraction of sp³-hybridized carbons (Fsp3) is 0.625.